The van der Waals surface area contributed by atoms with E-state index in [4.69, 9.17) is 5.73 Å². The monoisotopic (exact) mass is 332 g/mol. The summed E-state index contributed by atoms with van der Waals surface area (Å²) >= 11 is 3.41. The lowest BCUT2D eigenvalue weighted by Crippen LogP contribution is -2.54. The number of nitrogens with two attached hydrogens (primary N) is 1. The van der Waals surface area contributed by atoms with Crippen molar-refractivity contribution in [1.82, 2.24) is 5.32 Å². The van der Waals surface area contributed by atoms with Crippen LogP contribution in [-0.2, 0) is 0 Å². The fourth-order valence-electron chi connectivity index (χ4n) is 1.96. The molecule has 1 saturated carbocycles. The normalized spacial score (nSPS) is 16.4. The minimum atomic E-state index is -0.174. The molecule has 0 radical (unpaired) electrons. The number of aryl methyl sites for hydroxylation is 1. The van der Waals surface area contributed by atoms with Crippen molar-refractivity contribution in [2.24, 2.45) is 5.73 Å². The quantitative estimate of drug-likeness (QED) is 0.893. The van der Waals surface area contributed by atoms with E-state index in [-0.39, 0.29) is 23.9 Å². The number of hydrogen-bond donors (Lipinski definition) is 2. The van der Waals surface area contributed by atoms with Gasteiger partial charge in [-0.15, -0.1) is 12.4 Å². The standard InChI is InChI=1S/C13H17BrN2O.ClH/c1-9-3-4-10(11(14)7-9)12(17)16-8-13(15)5-2-6-13;/h3-4,7H,2,5-6,8,15H2,1H3,(H,16,17);1H. The van der Waals surface area contributed by atoms with Crippen LogP contribution in [-0.4, -0.2) is 18.0 Å². The van der Waals surface area contributed by atoms with E-state index in [1.165, 1.54) is 6.42 Å². The second kappa shape index (κ2) is 6.04. The van der Waals surface area contributed by atoms with E-state index in [1.807, 2.05) is 25.1 Å². The molecule has 2 rings (SSSR count). The van der Waals surface area contributed by atoms with Crippen molar-refractivity contribution in [3.05, 3.63) is 33.8 Å². The predicted molar refractivity (Wildman–Crippen MR) is 79.2 cm³/mol. The third-order valence-corrected chi connectivity index (χ3v) is 3.98. The number of carbonyl (C=O) groups excluding carboxylic acids is 1. The van der Waals surface area contributed by atoms with Gasteiger partial charge >= 0.3 is 0 Å². The van der Waals surface area contributed by atoms with Crippen LogP contribution < -0.4 is 11.1 Å². The molecule has 1 fully saturated rings. The largest absolute Gasteiger partial charge is 0.350 e. The van der Waals surface area contributed by atoms with Gasteiger partial charge in [0, 0.05) is 16.6 Å². The number of halogens is 2. The lowest BCUT2D eigenvalue weighted by molar-refractivity contribution is 0.0929. The zero-order valence-electron chi connectivity index (χ0n) is 10.3. The van der Waals surface area contributed by atoms with Gasteiger partial charge in [-0.2, -0.15) is 0 Å². The predicted octanol–water partition coefficient (Wildman–Crippen LogP) is 2.79. The molecule has 3 N–H and O–H groups in total. The summed E-state index contributed by atoms with van der Waals surface area (Å²) in [5.41, 5.74) is 7.68. The van der Waals surface area contributed by atoms with Gasteiger partial charge in [0.15, 0.2) is 0 Å². The van der Waals surface area contributed by atoms with Crippen LogP contribution in [0.2, 0.25) is 0 Å². The average Bonchev–Trinajstić information content (AvgIpc) is 2.23. The van der Waals surface area contributed by atoms with Crippen molar-refractivity contribution in [3.8, 4) is 0 Å². The molecule has 1 aromatic rings. The topological polar surface area (TPSA) is 55.1 Å². The van der Waals surface area contributed by atoms with Gasteiger partial charge in [0.1, 0.15) is 0 Å². The summed E-state index contributed by atoms with van der Waals surface area (Å²) in [6.07, 6.45) is 3.17. The molecular weight excluding hydrogens is 316 g/mol. The zero-order chi connectivity index (χ0) is 12.5. The summed E-state index contributed by atoms with van der Waals surface area (Å²) in [5.74, 6) is -0.0615. The first-order valence-electron chi connectivity index (χ1n) is 5.83. The van der Waals surface area contributed by atoms with Crippen LogP contribution in [0.15, 0.2) is 22.7 Å². The Balaban J connectivity index is 0.00000162. The van der Waals surface area contributed by atoms with Crippen molar-refractivity contribution >= 4 is 34.2 Å². The molecule has 1 amide bonds. The van der Waals surface area contributed by atoms with Gasteiger partial charge in [-0.05, 0) is 59.8 Å². The molecule has 0 atom stereocenters. The van der Waals surface area contributed by atoms with E-state index in [1.54, 1.807) is 0 Å². The number of amides is 1. The number of nitrogens with one attached hydrogen (secondary N) is 1. The molecule has 0 bridgehead atoms. The van der Waals surface area contributed by atoms with Crippen LogP contribution in [0.1, 0.15) is 35.2 Å². The summed E-state index contributed by atoms with van der Waals surface area (Å²) in [7, 11) is 0. The maximum absolute atomic E-state index is 12.0. The summed E-state index contributed by atoms with van der Waals surface area (Å²) in [4.78, 5) is 12.0. The Kier molecular flexibility index (Phi) is 5.20. The zero-order valence-corrected chi connectivity index (χ0v) is 12.7. The Morgan fingerprint density at radius 1 is 1.50 bits per heavy atom. The first-order valence-corrected chi connectivity index (χ1v) is 6.63. The van der Waals surface area contributed by atoms with Gasteiger partial charge in [-0.3, -0.25) is 4.79 Å². The molecule has 5 heteroatoms. The van der Waals surface area contributed by atoms with Crippen LogP contribution in [0.3, 0.4) is 0 Å². The summed E-state index contributed by atoms with van der Waals surface area (Å²) < 4.78 is 0.828. The Morgan fingerprint density at radius 3 is 2.67 bits per heavy atom. The lowest BCUT2D eigenvalue weighted by Gasteiger charge is -2.38. The molecule has 0 unspecified atom stereocenters. The van der Waals surface area contributed by atoms with E-state index in [0.29, 0.717) is 12.1 Å². The van der Waals surface area contributed by atoms with Gasteiger partial charge in [0.2, 0.25) is 0 Å². The van der Waals surface area contributed by atoms with E-state index >= 15 is 0 Å². The Labute approximate surface area is 122 Å². The molecule has 0 aliphatic heterocycles. The minimum absolute atomic E-state index is 0. The van der Waals surface area contributed by atoms with E-state index < -0.39 is 0 Å². The third-order valence-electron chi connectivity index (χ3n) is 3.32. The van der Waals surface area contributed by atoms with Gasteiger partial charge in [0.05, 0.1) is 5.56 Å². The fourth-order valence-corrected chi connectivity index (χ4v) is 2.64. The molecule has 3 nitrogen and oxygen atoms in total. The number of rotatable bonds is 3. The Bertz CT molecular complexity index is 447. The van der Waals surface area contributed by atoms with Gasteiger partial charge < -0.3 is 11.1 Å². The molecule has 1 aliphatic rings. The highest BCUT2D eigenvalue weighted by atomic mass is 79.9. The molecule has 0 aromatic heterocycles. The first-order chi connectivity index (χ1) is 8.00. The lowest BCUT2D eigenvalue weighted by atomic mass is 9.78. The number of hydrogen-bond acceptors (Lipinski definition) is 2. The van der Waals surface area contributed by atoms with Crippen molar-refractivity contribution in [3.63, 3.8) is 0 Å². The summed E-state index contributed by atoms with van der Waals surface area (Å²) in [6, 6.07) is 5.70. The van der Waals surface area contributed by atoms with Crippen molar-refractivity contribution in [1.29, 1.82) is 0 Å². The van der Waals surface area contributed by atoms with Crippen molar-refractivity contribution < 1.29 is 4.79 Å². The van der Waals surface area contributed by atoms with Gasteiger partial charge in [0.25, 0.3) is 5.91 Å². The average molecular weight is 334 g/mol. The molecule has 0 saturated heterocycles. The van der Waals surface area contributed by atoms with Crippen molar-refractivity contribution in [2.45, 2.75) is 31.7 Å². The number of benzene rings is 1. The maximum atomic E-state index is 12.0. The van der Waals surface area contributed by atoms with Crippen LogP contribution in [0.25, 0.3) is 0 Å². The SMILES string of the molecule is Cc1ccc(C(=O)NCC2(N)CCC2)c(Br)c1.Cl. The first kappa shape index (κ1) is 15.5. The maximum Gasteiger partial charge on any atom is 0.252 e. The highest BCUT2D eigenvalue weighted by Gasteiger charge is 2.32. The molecule has 0 spiro atoms. The van der Waals surface area contributed by atoms with E-state index in [2.05, 4.69) is 21.2 Å². The third kappa shape index (κ3) is 3.46. The highest BCUT2D eigenvalue weighted by molar-refractivity contribution is 9.10. The van der Waals surface area contributed by atoms with E-state index in [0.717, 1.165) is 22.9 Å². The molecule has 0 heterocycles. The summed E-state index contributed by atoms with van der Waals surface area (Å²) in [5, 5.41) is 2.91. The molecule has 18 heavy (non-hydrogen) atoms. The fraction of sp³-hybridized carbons (Fsp3) is 0.462. The number of carbonyl (C=O) groups is 1. The van der Waals surface area contributed by atoms with Gasteiger partial charge in [-0.1, -0.05) is 6.07 Å². The smallest absolute Gasteiger partial charge is 0.252 e. The summed E-state index contributed by atoms with van der Waals surface area (Å²) in [6.45, 7) is 2.56. The second-order valence-electron chi connectivity index (χ2n) is 4.88. The highest BCUT2D eigenvalue weighted by Crippen LogP contribution is 2.28. The Hall–Kier alpha value is -0.580. The van der Waals surface area contributed by atoms with E-state index in [9.17, 15) is 4.79 Å². The van der Waals surface area contributed by atoms with Gasteiger partial charge in [-0.25, -0.2) is 0 Å². The minimum Gasteiger partial charge on any atom is -0.350 e. The van der Waals surface area contributed by atoms with Crippen LogP contribution in [0.4, 0.5) is 0 Å². The van der Waals surface area contributed by atoms with Crippen LogP contribution in [0.5, 0.6) is 0 Å². The Morgan fingerprint density at radius 2 is 2.17 bits per heavy atom. The molecule has 1 aromatic carbocycles. The molecular formula is C13H18BrClN2O. The molecule has 100 valence electrons. The van der Waals surface area contributed by atoms with Crippen LogP contribution >= 0.6 is 28.3 Å². The van der Waals surface area contributed by atoms with Crippen molar-refractivity contribution in [2.75, 3.05) is 6.54 Å². The molecule has 1 aliphatic carbocycles. The second-order valence-corrected chi connectivity index (χ2v) is 5.74. The van der Waals surface area contributed by atoms with Crippen LogP contribution in [0, 0.1) is 6.92 Å².